The van der Waals surface area contributed by atoms with Crippen LogP contribution in [0.2, 0.25) is 0 Å². The van der Waals surface area contributed by atoms with Gasteiger partial charge in [-0.2, -0.15) is 0 Å². The molecule has 0 aromatic heterocycles. The van der Waals surface area contributed by atoms with Crippen molar-refractivity contribution in [3.05, 3.63) is 59.7 Å². The second-order valence-electron chi connectivity index (χ2n) is 14.5. The van der Waals surface area contributed by atoms with Crippen LogP contribution in [0.15, 0.2) is 48.5 Å². The van der Waals surface area contributed by atoms with Crippen LogP contribution < -0.4 is 9.47 Å². The third-order valence-electron chi connectivity index (χ3n) is 9.19. The molecule has 0 radical (unpaired) electrons. The molecule has 0 N–H and O–H groups in total. The molecule has 3 atom stereocenters. The standard InChI is InChI=1S/C38H56N2O6/c1-27(2)30(20-29-14-17-34(44-7)35(21-29)45-19-11-18-43-6)23-31-24-39(37(42)46-38(3,4)5)25-32(31)26-40(33-15-16-33)36(41)22-28-12-9-8-10-13-28/h8-10,12-14,17,21,27,30-33H,11,15-16,18-20,22-26H2,1-7H3/t30?,31-,32+/m1/s1. The van der Waals surface area contributed by atoms with Crippen molar-refractivity contribution in [3.63, 3.8) is 0 Å². The normalized spacial score (nSPS) is 18.8. The number of likely N-dealkylation sites (tertiary alicyclic amines) is 1. The van der Waals surface area contributed by atoms with E-state index in [1.165, 1.54) is 5.56 Å². The lowest BCUT2D eigenvalue weighted by Crippen LogP contribution is -2.41. The van der Waals surface area contributed by atoms with Gasteiger partial charge in [-0.3, -0.25) is 4.79 Å². The highest BCUT2D eigenvalue weighted by Crippen LogP contribution is 2.38. The first kappa shape index (κ1) is 35.6. The molecule has 2 aromatic carbocycles. The second-order valence-corrected chi connectivity index (χ2v) is 14.5. The predicted octanol–water partition coefficient (Wildman–Crippen LogP) is 7.03. The zero-order chi connectivity index (χ0) is 33.3. The van der Waals surface area contributed by atoms with Crippen LogP contribution in [0.25, 0.3) is 0 Å². The molecule has 1 saturated carbocycles. The van der Waals surface area contributed by atoms with Gasteiger partial charge in [0.1, 0.15) is 5.60 Å². The Hall–Kier alpha value is -3.26. The summed E-state index contributed by atoms with van der Waals surface area (Å²) in [5.41, 5.74) is 1.68. The minimum atomic E-state index is -0.561. The zero-order valence-corrected chi connectivity index (χ0v) is 29.1. The van der Waals surface area contributed by atoms with Gasteiger partial charge in [0.2, 0.25) is 5.91 Å². The molecule has 1 aliphatic carbocycles. The summed E-state index contributed by atoms with van der Waals surface area (Å²) in [4.78, 5) is 30.9. The van der Waals surface area contributed by atoms with Crippen LogP contribution in [0.5, 0.6) is 11.5 Å². The number of ether oxygens (including phenoxy) is 4. The Labute approximate surface area is 276 Å². The van der Waals surface area contributed by atoms with Crippen LogP contribution in [0, 0.1) is 23.7 Å². The molecular formula is C38H56N2O6. The van der Waals surface area contributed by atoms with Gasteiger partial charge in [0, 0.05) is 45.8 Å². The van der Waals surface area contributed by atoms with Gasteiger partial charge in [-0.1, -0.05) is 50.2 Å². The van der Waals surface area contributed by atoms with Gasteiger partial charge in [-0.15, -0.1) is 0 Å². The van der Waals surface area contributed by atoms with E-state index in [4.69, 9.17) is 18.9 Å². The molecule has 2 aliphatic rings. The molecule has 0 spiro atoms. The van der Waals surface area contributed by atoms with Gasteiger partial charge in [-0.25, -0.2) is 4.79 Å². The van der Waals surface area contributed by atoms with Crippen molar-refractivity contribution in [1.29, 1.82) is 0 Å². The fourth-order valence-corrected chi connectivity index (χ4v) is 6.48. The van der Waals surface area contributed by atoms with E-state index in [1.807, 2.05) is 62.1 Å². The number of rotatable bonds is 16. The quantitative estimate of drug-likeness (QED) is 0.184. The molecule has 1 aliphatic heterocycles. The molecule has 1 unspecified atom stereocenters. The monoisotopic (exact) mass is 636 g/mol. The van der Waals surface area contributed by atoms with Crippen LogP contribution in [-0.2, 0) is 27.1 Å². The largest absolute Gasteiger partial charge is 0.493 e. The maximum atomic E-state index is 13.7. The van der Waals surface area contributed by atoms with Crippen molar-refractivity contribution in [2.75, 3.05) is 47.1 Å². The number of hydrogen-bond acceptors (Lipinski definition) is 6. The highest BCUT2D eigenvalue weighted by atomic mass is 16.6. The van der Waals surface area contributed by atoms with E-state index in [0.717, 1.165) is 49.2 Å². The number of benzene rings is 2. The lowest BCUT2D eigenvalue weighted by atomic mass is 9.78. The van der Waals surface area contributed by atoms with Crippen molar-refractivity contribution in [2.45, 2.75) is 84.8 Å². The van der Waals surface area contributed by atoms with Crippen LogP contribution >= 0.6 is 0 Å². The Kier molecular flexibility index (Phi) is 12.8. The average molecular weight is 637 g/mol. The molecule has 4 rings (SSSR count). The third kappa shape index (κ3) is 10.6. The highest BCUT2D eigenvalue weighted by Gasteiger charge is 2.42. The Bertz CT molecular complexity index is 1260. The fraction of sp³-hybridized carbons (Fsp3) is 0.632. The number of carbonyl (C=O) groups is 2. The van der Waals surface area contributed by atoms with E-state index in [2.05, 4.69) is 30.9 Å². The van der Waals surface area contributed by atoms with E-state index in [1.54, 1.807) is 14.2 Å². The average Bonchev–Trinajstić information content (AvgIpc) is 3.77. The summed E-state index contributed by atoms with van der Waals surface area (Å²) in [6.07, 6.45) is 4.91. The minimum absolute atomic E-state index is 0.180. The number of carbonyl (C=O) groups excluding carboxylic acids is 2. The summed E-state index contributed by atoms with van der Waals surface area (Å²) < 4.78 is 22.6. The molecule has 1 heterocycles. The third-order valence-corrected chi connectivity index (χ3v) is 9.19. The zero-order valence-electron chi connectivity index (χ0n) is 29.1. The molecule has 46 heavy (non-hydrogen) atoms. The van der Waals surface area contributed by atoms with Crippen LogP contribution in [-0.4, -0.2) is 80.5 Å². The molecule has 2 aromatic rings. The van der Waals surface area contributed by atoms with Crippen molar-refractivity contribution in [3.8, 4) is 11.5 Å². The summed E-state index contributed by atoms with van der Waals surface area (Å²) in [6, 6.07) is 16.5. The predicted molar refractivity (Wildman–Crippen MR) is 181 cm³/mol. The van der Waals surface area contributed by atoms with E-state index in [0.29, 0.717) is 57.1 Å². The number of nitrogens with zero attached hydrogens (tertiary/aromatic N) is 2. The van der Waals surface area contributed by atoms with Gasteiger partial charge in [-0.05, 0) is 93.4 Å². The maximum Gasteiger partial charge on any atom is 0.410 e. The smallest absolute Gasteiger partial charge is 0.410 e. The lowest BCUT2D eigenvalue weighted by molar-refractivity contribution is -0.131. The van der Waals surface area contributed by atoms with E-state index in [-0.39, 0.29) is 23.8 Å². The highest BCUT2D eigenvalue weighted by molar-refractivity contribution is 5.79. The summed E-state index contributed by atoms with van der Waals surface area (Å²) in [5.74, 6) is 2.92. The van der Waals surface area contributed by atoms with Crippen LogP contribution in [0.3, 0.4) is 0 Å². The summed E-state index contributed by atoms with van der Waals surface area (Å²) in [6.45, 7) is 13.4. The van der Waals surface area contributed by atoms with Crippen molar-refractivity contribution >= 4 is 12.0 Å². The lowest BCUT2D eigenvalue weighted by Gasteiger charge is -2.31. The topological polar surface area (TPSA) is 77.5 Å². The number of methoxy groups -OCH3 is 2. The minimum Gasteiger partial charge on any atom is -0.493 e. The van der Waals surface area contributed by atoms with E-state index in [9.17, 15) is 9.59 Å². The summed E-state index contributed by atoms with van der Waals surface area (Å²) in [7, 11) is 3.36. The molecule has 0 bridgehead atoms. The van der Waals surface area contributed by atoms with Crippen molar-refractivity contribution < 1.29 is 28.5 Å². The van der Waals surface area contributed by atoms with Gasteiger partial charge in [0.25, 0.3) is 0 Å². The second kappa shape index (κ2) is 16.5. The Morgan fingerprint density at radius 1 is 0.935 bits per heavy atom. The fourth-order valence-electron chi connectivity index (χ4n) is 6.48. The Morgan fingerprint density at radius 3 is 2.28 bits per heavy atom. The maximum absolute atomic E-state index is 13.7. The molecule has 254 valence electrons. The van der Waals surface area contributed by atoms with E-state index >= 15 is 0 Å². The Morgan fingerprint density at radius 2 is 1.65 bits per heavy atom. The summed E-state index contributed by atoms with van der Waals surface area (Å²) >= 11 is 0. The SMILES string of the molecule is COCCCOc1cc(CC(C[C@@H]2CN(C(=O)OC(C)(C)C)C[C@H]2CN(C(=O)Cc2ccccc2)C2CC2)C(C)C)ccc1OC. The van der Waals surface area contributed by atoms with Gasteiger partial charge < -0.3 is 28.7 Å². The number of amides is 2. The Balaban J connectivity index is 1.51. The number of hydrogen-bond donors (Lipinski definition) is 0. The summed E-state index contributed by atoms with van der Waals surface area (Å²) in [5, 5.41) is 0. The molecule has 2 fully saturated rings. The van der Waals surface area contributed by atoms with Crippen LogP contribution in [0.1, 0.15) is 71.4 Å². The first-order valence-electron chi connectivity index (χ1n) is 17.1. The van der Waals surface area contributed by atoms with Gasteiger partial charge >= 0.3 is 6.09 Å². The van der Waals surface area contributed by atoms with Crippen LogP contribution in [0.4, 0.5) is 4.79 Å². The van der Waals surface area contributed by atoms with Crippen molar-refractivity contribution in [1.82, 2.24) is 9.80 Å². The molecular weight excluding hydrogens is 580 g/mol. The first-order valence-corrected chi connectivity index (χ1v) is 17.1. The van der Waals surface area contributed by atoms with Gasteiger partial charge in [0.15, 0.2) is 11.5 Å². The van der Waals surface area contributed by atoms with Crippen molar-refractivity contribution in [2.24, 2.45) is 23.7 Å². The first-order chi connectivity index (χ1) is 22.0. The van der Waals surface area contributed by atoms with E-state index < -0.39 is 5.60 Å². The molecule has 2 amide bonds. The van der Waals surface area contributed by atoms with Gasteiger partial charge in [0.05, 0.1) is 20.1 Å². The molecule has 1 saturated heterocycles. The molecule has 8 heteroatoms. The molecule has 8 nitrogen and oxygen atoms in total.